The van der Waals surface area contributed by atoms with Crippen LogP contribution in [-0.2, 0) is 0 Å². The molecule has 0 heterocycles. The number of benzene rings is 2. The zero-order valence-corrected chi connectivity index (χ0v) is 11.2. The van der Waals surface area contributed by atoms with E-state index in [4.69, 9.17) is 0 Å². The van der Waals surface area contributed by atoms with Gasteiger partial charge in [-0.05, 0) is 49.6 Å². The van der Waals surface area contributed by atoms with Crippen LogP contribution in [0.15, 0.2) is 30.3 Å². The molecule has 1 N–H and O–H groups in total. The van der Waals surface area contributed by atoms with Crippen molar-refractivity contribution in [2.24, 2.45) is 0 Å². The summed E-state index contributed by atoms with van der Waals surface area (Å²) in [4.78, 5) is 0. The van der Waals surface area contributed by atoms with E-state index < -0.39 is 17.7 Å². The Kier molecular flexibility index (Phi) is 3.67. The van der Waals surface area contributed by atoms with E-state index in [0.717, 1.165) is 23.3 Å². The average molecular weight is 262 g/mol. The molecule has 0 amide bonds. The van der Waals surface area contributed by atoms with Crippen molar-refractivity contribution in [1.29, 1.82) is 0 Å². The molecule has 0 saturated heterocycles. The van der Waals surface area contributed by atoms with Crippen LogP contribution in [0.3, 0.4) is 0 Å². The Hall–Kier alpha value is -1.74. The first-order valence-corrected chi connectivity index (χ1v) is 6.11. The standard InChI is InChI=1S/C16H16F2O/c1-9-4-5-10(2)12(6-9)16(19)13-8-14(17)11(3)7-15(13)18/h4-8,16,19H,1-3H3. The molecule has 0 saturated carbocycles. The first kappa shape index (κ1) is 13.7. The van der Waals surface area contributed by atoms with Gasteiger partial charge >= 0.3 is 0 Å². The Morgan fingerprint density at radius 2 is 1.53 bits per heavy atom. The van der Waals surface area contributed by atoms with E-state index in [1.165, 1.54) is 6.92 Å². The Balaban J connectivity index is 2.52. The molecule has 0 aliphatic rings. The van der Waals surface area contributed by atoms with Gasteiger partial charge in [-0.1, -0.05) is 23.8 Å². The third-order valence-corrected chi connectivity index (χ3v) is 3.30. The molecular formula is C16H16F2O. The van der Waals surface area contributed by atoms with Crippen molar-refractivity contribution in [3.8, 4) is 0 Å². The van der Waals surface area contributed by atoms with E-state index in [2.05, 4.69) is 0 Å². The molecule has 1 atom stereocenters. The molecule has 0 bridgehead atoms. The van der Waals surface area contributed by atoms with Gasteiger partial charge in [-0.25, -0.2) is 8.78 Å². The Morgan fingerprint density at radius 1 is 0.842 bits per heavy atom. The molecule has 0 aliphatic heterocycles. The van der Waals surface area contributed by atoms with Crippen molar-refractivity contribution >= 4 is 0 Å². The van der Waals surface area contributed by atoms with Crippen molar-refractivity contribution in [1.82, 2.24) is 0 Å². The number of aliphatic hydroxyl groups is 1. The number of hydrogen-bond donors (Lipinski definition) is 1. The van der Waals surface area contributed by atoms with E-state index >= 15 is 0 Å². The minimum absolute atomic E-state index is 0.0307. The molecule has 1 nitrogen and oxygen atoms in total. The third kappa shape index (κ3) is 2.66. The van der Waals surface area contributed by atoms with E-state index in [1.807, 2.05) is 26.0 Å². The first-order chi connectivity index (χ1) is 8.90. The fourth-order valence-corrected chi connectivity index (χ4v) is 2.09. The maximum atomic E-state index is 13.9. The monoisotopic (exact) mass is 262 g/mol. The summed E-state index contributed by atoms with van der Waals surface area (Å²) in [6, 6.07) is 7.74. The fraction of sp³-hybridized carbons (Fsp3) is 0.250. The summed E-state index contributed by atoms with van der Waals surface area (Å²) in [5.41, 5.74) is 2.61. The SMILES string of the molecule is Cc1ccc(C)c(C(O)c2cc(F)c(C)cc2F)c1. The van der Waals surface area contributed by atoms with Gasteiger partial charge in [0.15, 0.2) is 0 Å². The number of aliphatic hydroxyl groups excluding tert-OH is 1. The van der Waals surface area contributed by atoms with Gasteiger partial charge in [-0.15, -0.1) is 0 Å². The second kappa shape index (κ2) is 5.10. The van der Waals surface area contributed by atoms with Crippen LogP contribution in [0, 0.1) is 32.4 Å². The van der Waals surface area contributed by atoms with Gasteiger partial charge in [-0.3, -0.25) is 0 Å². The number of aryl methyl sites for hydroxylation is 3. The van der Waals surface area contributed by atoms with Gasteiger partial charge in [0.05, 0.1) is 0 Å². The van der Waals surface area contributed by atoms with Crippen molar-refractivity contribution in [2.45, 2.75) is 26.9 Å². The lowest BCUT2D eigenvalue weighted by molar-refractivity contribution is 0.213. The smallest absolute Gasteiger partial charge is 0.129 e. The molecular weight excluding hydrogens is 246 g/mol. The normalized spacial score (nSPS) is 12.5. The fourth-order valence-electron chi connectivity index (χ4n) is 2.09. The summed E-state index contributed by atoms with van der Waals surface area (Å²) in [5.74, 6) is -1.10. The van der Waals surface area contributed by atoms with Gasteiger partial charge < -0.3 is 5.11 Å². The van der Waals surface area contributed by atoms with E-state index in [-0.39, 0.29) is 11.1 Å². The van der Waals surface area contributed by atoms with Gasteiger partial charge in [0.2, 0.25) is 0 Å². The minimum atomic E-state index is -1.16. The van der Waals surface area contributed by atoms with Crippen LogP contribution in [0.2, 0.25) is 0 Å². The topological polar surface area (TPSA) is 20.2 Å². The van der Waals surface area contributed by atoms with E-state index in [1.54, 1.807) is 6.07 Å². The summed E-state index contributed by atoms with van der Waals surface area (Å²) < 4.78 is 27.4. The van der Waals surface area contributed by atoms with Crippen LogP contribution >= 0.6 is 0 Å². The highest BCUT2D eigenvalue weighted by Gasteiger charge is 2.18. The highest BCUT2D eigenvalue weighted by molar-refractivity contribution is 5.39. The summed E-state index contributed by atoms with van der Waals surface area (Å²) in [7, 11) is 0. The van der Waals surface area contributed by atoms with Crippen LogP contribution < -0.4 is 0 Å². The van der Waals surface area contributed by atoms with Crippen molar-refractivity contribution in [3.63, 3.8) is 0 Å². The Morgan fingerprint density at radius 3 is 2.21 bits per heavy atom. The summed E-state index contributed by atoms with van der Waals surface area (Å²) >= 11 is 0. The van der Waals surface area contributed by atoms with Crippen molar-refractivity contribution in [3.05, 3.63) is 69.8 Å². The molecule has 2 rings (SSSR count). The Bertz CT molecular complexity index is 620. The predicted octanol–water partition coefficient (Wildman–Crippen LogP) is 3.97. The number of hydrogen-bond acceptors (Lipinski definition) is 1. The molecule has 0 spiro atoms. The second-order valence-corrected chi connectivity index (χ2v) is 4.89. The van der Waals surface area contributed by atoms with Crippen molar-refractivity contribution in [2.75, 3.05) is 0 Å². The maximum Gasteiger partial charge on any atom is 0.129 e. The Labute approximate surface area is 111 Å². The number of rotatable bonds is 2. The molecule has 0 radical (unpaired) electrons. The van der Waals surface area contributed by atoms with Crippen LogP contribution in [0.1, 0.15) is 33.9 Å². The highest BCUT2D eigenvalue weighted by Crippen LogP contribution is 2.28. The molecule has 0 fully saturated rings. The number of halogens is 2. The first-order valence-electron chi connectivity index (χ1n) is 6.11. The van der Waals surface area contributed by atoms with Gasteiger partial charge in [0.25, 0.3) is 0 Å². The van der Waals surface area contributed by atoms with Crippen molar-refractivity contribution < 1.29 is 13.9 Å². The third-order valence-electron chi connectivity index (χ3n) is 3.30. The molecule has 2 aromatic rings. The lowest BCUT2D eigenvalue weighted by atomic mass is 9.95. The van der Waals surface area contributed by atoms with Crippen LogP contribution in [0.25, 0.3) is 0 Å². The van der Waals surface area contributed by atoms with Crippen LogP contribution in [0.5, 0.6) is 0 Å². The zero-order chi connectivity index (χ0) is 14.2. The zero-order valence-electron chi connectivity index (χ0n) is 11.2. The summed E-state index contributed by atoms with van der Waals surface area (Å²) in [6.45, 7) is 5.22. The lowest BCUT2D eigenvalue weighted by Crippen LogP contribution is -2.06. The maximum absolute atomic E-state index is 13.9. The van der Waals surface area contributed by atoms with Crippen LogP contribution in [0.4, 0.5) is 8.78 Å². The molecule has 19 heavy (non-hydrogen) atoms. The molecule has 2 aromatic carbocycles. The molecule has 0 aromatic heterocycles. The van der Waals surface area contributed by atoms with Gasteiger partial charge in [0, 0.05) is 5.56 Å². The quantitative estimate of drug-likeness (QED) is 0.868. The highest BCUT2D eigenvalue weighted by atomic mass is 19.1. The van der Waals surface area contributed by atoms with Gasteiger partial charge in [0.1, 0.15) is 17.7 Å². The summed E-state index contributed by atoms with van der Waals surface area (Å²) in [6.07, 6.45) is -1.16. The molecule has 1 unspecified atom stereocenters. The average Bonchev–Trinajstić information content (AvgIpc) is 2.36. The second-order valence-electron chi connectivity index (χ2n) is 4.89. The lowest BCUT2D eigenvalue weighted by Gasteiger charge is -2.16. The largest absolute Gasteiger partial charge is 0.384 e. The van der Waals surface area contributed by atoms with E-state index in [9.17, 15) is 13.9 Å². The molecule has 0 aliphatic carbocycles. The molecule has 100 valence electrons. The summed E-state index contributed by atoms with van der Waals surface area (Å²) in [5, 5.41) is 10.3. The van der Waals surface area contributed by atoms with Crippen LogP contribution in [-0.4, -0.2) is 5.11 Å². The van der Waals surface area contributed by atoms with Gasteiger partial charge in [-0.2, -0.15) is 0 Å². The minimum Gasteiger partial charge on any atom is -0.384 e. The van der Waals surface area contributed by atoms with E-state index in [0.29, 0.717) is 5.56 Å². The molecule has 3 heteroatoms. The predicted molar refractivity (Wildman–Crippen MR) is 71.1 cm³/mol.